The smallest absolute Gasteiger partial charge is 0.408 e. The van der Waals surface area contributed by atoms with Gasteiger partial charge in [0.15, 0.2) is 12.4 Å². The summed E-state index contributed by atoms with van der Waals surface area (Å²) in [6, 6.07) is 17.6. The van der Waals surface area contributed by atoms with E-state index >= 15 is 0 Å². The Morgan fingerprint density at radius 1 is 0.909 bits per heavy atom. The molecule has 0 bridgehead atoms. The number of nitrogens with one attached hydrogen (secondary N) is 1. The van der Waals surface area contributed by atoms with Gasteiger partial charge in [0.25, 0.3) is 0 Å². The summed E-state index contributed by atoms with van der Waals surface area (Å²) in [5, 5.41) is 2.59. The number of esters is 1. The minimum Gasteiger partial charge on any atom is -0.456 e. The maximum absolute atomic E-state index is 12.8. The van der Waals surface area contributed by atoms with Crippen LogP contribution in [0.15, 0.2) is 60.7 Å². The normalized spacial score (nSPS) is 11.3. The Morgan fingerprint density at radius 3 is 2.18 bits per heavy atom. The number of aromatic nitrogens is 3. The summed E-state index contributed by atoms with van der Waals surface area (Å²) in [4.78, 5) is 39.1. The number of benzene rings is 2. The van der Waals surface area contributed by atoms with Crippen LogP contribution in [0.5, 0.6) is 0 Å². The highest BCUT2D eigenvalue weighted by Gasteiger charge is 2.24. The van der Waals surface area contributed by atoms with Crippen molar-refractivity contribution >= 4 is 24.0 Å². The molecule has 33 heavy (non-hydrogen) atoms. The molecule has 0 radical (unpaired) electrons. The molecule has 3 aromatic rings. The molecule has 3 N–H and O–H groups in total. The van der Waals surface area contributed by atoms with Crippen LogP contribution in [0.2, 0.25) is 0 Å². The number of nitrogens with two attached hydrogens (primary N) is 1. The van der Waals surface area contributed by atoms with Gasteiger partial charge in [0.2, 0.25) is 11.9 Å². The molecule has 3 rings (SSSR count). The zero-order valence-corrected chi connectivity index (χ0v) is 18.5. The Bertz CT molecular complexity index is 1060. The van der Waals surface area contributed by atoms with Crippen molar-refractivity contribution in [1.82, 2.24) is 20.3 Å². The molecule has 1 amide bonds. The molecule has 0 saturated heterocycles. The van der Waals surface area contributed by atoms with E-state index in [-0.39, 0.29) is 31.4 Å². The molecule has 10 heteroatoms. The van der Waals surface area contributed by atoms with Crippen LogP contribution in [0.4, 0.5) is 16.7 Å². The third-order valence-corrected chi connectivity index (χ3v) is 4.50. The summed E-state index contributed by atoms with van der Waals surface area (Å²) < 4.78 is 10.6. The van der Waals surface area contributed by atoms with E-state index in [1.54, 1.807) is 19.0 Å². The van der Waals surface area contributed by atoms with Gasteiger partial charge in [-0.1, -0.05) is 60.7 Å². The van der Waals surface area contributed by atoms with Crippen molar-refractivity contribution < 1.29 is 19.1 Å². The van der Waals surface area contributed by atoms with Crippen molar-refractivity contribution in [2.75, 3.05) is 24.7 Å². The van der Waals surface area contributed by atoms with Gasteiger partial charge < -0.3 is 25.4 Å². The second-order valence-corrected chi connectivity index (χ2v) is 7.36. The quantitative estimate of drug-likeness (QED) is 0.470. The predicted molar refractivity (Wildman–Crippen MR) is 122 cm³/mol. The first kappa shape index (κ1) is 23.5. The fraction of sp³-hybridized carbons (Fsp3) is 0.261. The number of carbonyl (C=O) groups is 2. The minimum atomic E-state index is -0.969. The third kappa shape index (κ3) is 7.46. The Hall–Kier alpha value is -4.21. The summed E-state index contributed by atoms with van der Waals surface area (Å²) in [5.41, 5.74) is 7.39. The maximum Gasteiger partial charge on any atom is 0.408 e. The number of nitrogen functional groups attached to an aromatic ring is 1. The Balaban J connectivity index is 1.65. The SMILES string of the molecule is CN(C)c1nc(N)nc(COC(=O)[C@H](Cc2ccccc2)NC(=O)OCc2ccccc2)n1. The Kier molecular flexibility index (Phi) is 8.12. The summed E-state index contributed by atoms with van der Waals surface area (Å²) in [5.74, 6) is -0.0919. The van der Waals surface area contributed by atoms with Crippen LogP contribution in [0.3, 0.4) is 0 Å². The number of amides is 1. The fourth-order valence-electron chi connectivity index (χ4n) is 2.88. The largest absolute Gasteiger partial charge is 0.456 e. The fourth-order valence-corrected chi connectivity index (χ4v) is 2.88. The van der Waals surface area contributed by atoms with Crippen LogP contribution in [0.25, 0.3) is 0 Å². The van der Waals surface area contributed by atoms with Crippen LogP contribution in [0, 0.1) is 0 Å². The van der Waals surface area contributed by atoms with Gasteiger partial charge in [-0.05, 0) is 11.1 Å². The van der Waals surface area contributed by atoms with E-state index in [1.165, 1.54) is 0 Å². The average Bonchev–Trinajstić information content (AvgIpc) is 2.82. The molecule has 0 saturated carbocycles. The maximum atomic E-state index is 12.8. The number of ether oxygens (including phenoxy) is 2. The van der Waals surface area contributed by atoms with Gasteiger partial charge in [0.05, 0.1) is 0 Å². The van der Waals surface area contributed by atoms with Crippen LogP contribution < -0.4 is 16.0 Å². The topological polar surface area (TPSA) is 133 Å². The van der Waals surface area contributed by atoms with E-state index in [0.29, 0.717) is 5.95 Å². The third-order valence-electron chi connectivity index (χ3n) is 4.50. The highest BCUT2D eigenvalue weighted by atomic mass is 16.6. The average molecular weight is 450 g/mol. The van der Waals surface area contributed by atoms with Crippen molar-refractivity contribution in [2.45, 2.75) is 25.7 Å². The van der Waals surface area contributed by atoms with Gasteiger partial charge in [-0.15, -0.1) is 0 Å². The number of anilines is 2. The highest BCUT2D eigenvalue weighted by Crippen LogP contribution is 2.09. The van der Waals surface area contributed by atoms with E-state index in [9.17, 15) is 9.59 Å². The Morgan fingerprint density at radius 2 is 1.55 bits per heavy atom. The van der Waals surface area contributed by atoms with E-state index in [4.69, 9.17) is 15.2 Å². The molecule has 1 heterocycles. The minimum absolute atomic E-state index is 0.0169. The summed E-state index contributed by atoms with van der Waals surface area (Å²) >= 11 is 0. The van der Waals surface area contributed by atoms with Gasteiger partial charge >= 0.3 is 12.1 Å². The van der Waals surface area contributed by atoms with Crippen molar-refractivity contribution in [1.29, 1.82) is 0 Å². The molecule has 0 spiro atoms. The van der Waals surface area contributed by atoms with E-state index in [2.05, 4.69) is 20.3 Å². The predicted octanol–water partition coefficient (Wildman–Crippen LogP) is 2.10. The lowest BCUT2D eigenvalue weighted by Gasteiger charge is -2.18. The second kappa shape index (κ2) is 11.4. The standard InChI is InChI=1S/C23H26N6O4/c1-29(2)22-27-19(26-21(24)28-22)15-32-20(30)18(13-16-9-5-3-6-10-16)25-23(31)33-14-17-11-7-4-8-12-17/h3-12,18H,13-15H2,1-2H3,(H,25,31)(H2,24,26,27,28)/t18-/m0/s1. The zero-order valence-electron chi connectivity index (χ0n) is 18.5. The van der Waals surface area contributed by atoms with Crippen molar-refractivity contribution in [2.24, 2.45) is 0 Å². The number of carbonyl (C=O) groups excluding carboxylic acids is 2. The van der Waals surface area contributed by atoms with Gasteiger partial charge in [0.1, 0.15) is 12.6 Å². The van der Waals surface area contributed by atoms with Crippen molar-refractivity contribution in [3.8, 4) is 0 Å². The molecular weight excluding hydrogens is 424 g/mol. The summed E-state index contributed by atoms with van der Waals surface area (Å²) in [6.07, 6.45) is -0.501. The molecule has 0 aliphatic rings. The van der Waals surface area contributed by atoms with Gasteiger partial charge in [-0.25, -0.2) is 9.59 Å². The highest BCUT2D eigenvalue weighted by molar-refractivity contribution is 5.81. The van der Waals surface area contributed by atoms with Gasteiger partial charge in [0, 0.05) is 20.5 Å². The van der Waals surface area contributed by atoms with Gasteiger partial charge in [-0.3, -0.25) is 0 Å². The van der Waals surface area contributed by atoms with Crippen LogP contribution in [-0.2, 0) is 33.9 Å². The number of nitrogens with zero attached hydrogens (tertiary/aromatic N) is 4. The molecular formula is C23H26N6O4. The van der Waals surface area contributed by atoms with Crippen LogP contribution in [-0.4, -0.2) is 47.2 Å². The van der Waals surface area contributed by atoms with E-state index in [0.717, 1.165) is 11.1 Å². The van der Waals surface area contributed by atoms with Gasteiger partial charge in [-0.2, -0.15) is 15.0 Å². The number of rotatable bonds is 9. The first-order chi connectivity index (χ1) is 15.9. The van der Waals surface area contributed by atoms with Crippen molar-refractivity contribution in [3.63, 3.8) is 0 Å². The zero-order chi connectivity index (χ0) is 23.6. The molecule has 2 aromatic carbocycles. The molecule has 0 aliphatic carbocycles. The Labute approximate surface area is 191 Å². The lowest BCUT2D eigenvalue weighted by molar-refractivity contribution is -0.147. The second-order valence-electron chi connectivity index (χ2n) is 7.36. The molecule has 10 nitrogen and oxygen atoms in total. The molecule has 1 atom stereocenters. The van der Waals surface area contributed by atoms with Crippen LogP contribution in [0.1, 0.15) is 17.0 Å². The molecule has 0 aliphatic heterocycles. The molecule has 0 fully saturated rings. The molecule has 172 valence electrons. The van der Waals surface area contributed by atoms with E-state index in [1.807, 2.05) is 60.7 Å². The lowest BCUT2D eigenvalue weighted by atomic mass is 10.1. The monoisotopic (exact) mass is 450 g/mol. The first-order valence-electron chi connectivity index (χ1n) is 10.3. The van der Waals surface area contributed by atoms with Crippen molar-refractivity contribution in [3.05, 3.63) is 77.6 Å². The molecule has 1 aromatic heterocycles. The molecule has 0 unspecified atom stereocenters. The number of alkyl carbamates (subject to hydrolysis) is 1. The summed E-state index contributed by atoms with van der Waals surface area (Å²) in [6.45, 7) is -0.143. The summed E-state index contributed by atoms with van der Waals surface area (Å²) in [7, 11) is 3.51. The van der Waals surface area contributed by atoms with Crippen LogP contribution >= 0.6 is 0 Å². The first-order valence-corrected chi connectivity index (χ1v) is 10.3. The number of hydrogen-bond acceptors (Lipinski definition) is 9. The lowest BCUT2D eigenvalue weighted by Crippen LogP contribution is -2.43. The van der Waals surface area contributed by atoms with E-state index < -0.39 is 18.1 Å². The number of hydrogen-bond donors (Lipinski definition) is 2.